The Morgan fingerprint density at radius 2 is 1.64 bits per heavy atom. The topological polar surface area (TPSA) is 66.4 Å². The van der Waals surface area contributed by atoms with Crippen LogP contribution in [0.4, 0.5) is 5.69 Å². The molecule has 22 heavy (non-hydrogen) atoms. The van der Waals surface area contributed by atoms with Gasteiger partial charge in [0.05, 0.1) is 16.7 Å². The number of hydrogen-bond acceptors (Lipinski definition) is 2. The number of carboxylic acids is 1. The second kappa shape index (κ2) is 6.02. The molecule has 0 saturated carbocycles. The lowest BCUT2D eigenvalue weighted by atomic mass is 9.83. The minimum atomic E-state index is -1.06. The van der Waals surface area contributed by atoms with Gasteiger partial charge >= 0.3 is 5.97 Å². The van der Waals surface area contributed by atoms with Gasteiger partial charge < -0.3 is 10.4 Å². The molecule has 0 aliphatic rings. The summed E-state index contributed by atoms with van der Waals surface area (Å²) in [6.45, 7) is 5.41. The Balaban J connectivity index is 2.36. The summed E-state index contributed by atoms with van der Waals surface area (Å²) in [5.74, 6) is -1.30. The molecule has 4 heteroatoms. The molecule has 2 aromatic carbocycles. The van der Waals surface area contributed by atoms with Crippen LogP contribution in [0, 0.1) is 6.92 Å². The Hall–Kier alpha value is -2.62. The quantitative estimate of drug-likeness (QED) is 0.906. The van der Waals surface area contributed by atoms with E-state index in [0.29, 0.717) is 5.69 Å². The molecule has 2 N–H and O–H groups in total. The maximum Gasteiger partial charge on any atom is 0.337 e. The molecule has 0 aliphatic heterocycles. The maximum atomic E-state index is 12.7. The number of hydrogen-bond donors (Lipinski definition) is 2. The summed E-state index contributed by atoms with van der Waals surface area (Å²) in [6, 6.07) is 14.3. The number of rotatable bonds is 4. The van der Waals surface area contributed by atoms with Crippen molar-refractivity contribution in [1.82, 2.24) is 0 Å². The van der Waals surface area contributed by atoms with Gasteiger partial charge in [0.2, 0.25) is 5.91 Å². The van der Waals surface area contributed by atoms with Crippen LogP contribution in [0.3, 0.4) is 0 Å². The van der Waals surface area contributed by atoms with Gasteiger partial charge in [-0.2, -0.15) is 0 Å². The third kappa shape index (κ3) is 3.01. The van der Waals surface area contributed by atoms with Crippen LogP contribution in [0.5, 0.6) is 0 Å². The summed E-state index contributed by atoms with van der Waals surface area (Å²) in [6.07, 6.45) is 0. The number of carbonyl (C=O) groups is 2. The third-order valence-electron chi connectivity index (χ3n) is 3.80. The molecular formula is C18H19NO3. The molecule has 0 fully saturated rings. The Labute approximate surface area is 129 Å². The molecule has 0 aliphatic carbocycles. The van der Waals surface area contributed by atoms with E-state index in [-0.39, 0.29) is 11.5 Å². The fourth-order valence-corrected chi connectivity index (χ4v) is 2.27. The van der Waals surface area contributed by atoms with Gasteiger partial charge in [-0.3, -0.25) is 4.79 Å². The van der Waals surface area contributed by atoms with Crippen molar-refractivity contribution in [2.24, 2.45) is 0 Å². The van der Waals surface area contributed by atoms with E-state index < -0.39 is 11.4 Å². The summed E-state index contributed by atoms with van der Waals surface area (Å²) in [5, 5.41) is 12.1. The third-order valence-corrected chi connectivity index (χ3v) is 3.80. The highest BCUT2D eigenvalue weighted by molar-refractivity contribution is 6.04. The lowest BCUT2D eigenvalue weighted by Crippen LogP contribution is -2.35. The van der Waals surface area contributed by atoms with Crippen LogP contribution in [0.15, 0.2) is 48.5 Å². The van der Waals surface area contributed by atoms with Gasteiger partial charge in [-0.1, -0.05) is 42.5 Å². The molecule has 0 unspecified atom stereocenters. The van der Waals surface area contributed by atoms with Gasteiger partial charge in [0.25, 0.3) is 0 Å². The van der Waals surface area contributed by atoms with Crippen LogP contribution >= 0.6 is 0 Å². The number of benzene rings is 2. The number of carbonyl (C=O) groups excluding carboxylic acids is 1. The number of nitrogens with one attached hydrogen (secondary N) is 1. The van der Waals surface area contributed by atoms with E-state index in [1.165, 1.54) is 6.07 Å². The van der Waals surface area contributed by atoms with Crippen LogP contribution in [0.2, 0.25) is 0 Å². The molecule has 4 nitrogen and oxygen atoms in total. The van der Waals surface area contributed by atoms with Gasteiger partial charge in [-0.05, 0) is 38.0 Å². The standard InChI is InChI=1S/C18H19NO3/c1-12-8-7-11-14(16(20)21)15(12)19-17(22)18(2,3)13-9-5-4-6-10-13/h4-11H,1-3H3,(H,19,22)(H,20,21). The van der Waals surface area contributed by atoms with Crippen LogP contribution in [0.25, 0.3) is 0 Å². The van der Waals surface area contributed by atoms with Gasteiger partial charge in [0.1, 0.15) is 0 Å². The van der Waals surface area contributed by atoms with Crippen LogP contribution in [-0.2, 0) is 10.2 Å². The first kappa shape index (κ1) is 15.8. The predicted octanol–water partition coefficient (Wildman–Crippen LogP) is 3.61. The van der Waals surface area contributed by atoms with Crippen molar-refractivity contribution in [3.8, 4) is 0 Å². The van der Waals surface area contributed by atoms with Gasteiger partial charge in [0.15, 0.2) is 0 Å². The number of anilines is 1. The molecule has 114 valence electrons. The zero-order chi connectivity index (χ0) is 16.3. The molecular weight excluding hydrogens is 278 g/mol. The Morgan fingerprint density at radius 1 is 1.00 bits per heavy atom. The van der Waals surface area contributed by atoms with Crippen molar-refractivity contribution in [1.29, 1.82) is 0 Å². The smallest absolute Gasteiger partial charge is 0.337 e. The minimum absolute atomic E-state index is 0.0946. The Bertz CT molecular complexity index is 706. The van der Waals surface area contributed by atoms with E-state index in [2.05, 4.69) is 5.32 Å². The molecule has 2 rings (SSSR count). The molecule has 0 bridgehead atoms. The number of aromatic carboxylic acids is 1. The van der Waals surface area contributed by atoms with Crippen LogP contribution in [-0.4, -0.2) is 17.0 Å². The van der Waals surface area contributed by atoms with Gasteiger partial charge in [0, 0.05) is 0 Å². The molecule has 0 saturated heterocycles. The summed E-state index contributed by atoms with van der Waals surface area (Å²) < 4.78 is 0. The molecule has 0 radical (unpaired) electrons. The second-order valence-corrected chi connectivity index (χ2v) is 5.75. The van der Waals surface area contributed by atoms with E-state index in [1.54, 1.807) is 19.1 Å². The Kier molecular flexibility index (Phi) is 4.31. The average Bonchev–Trinajstić information content (AvgIpc) is 2.49. The first-order valence-electron chi connectivity index (χ1n) is 7.04. The summed E-state index contributed by atoms with van der Waals surface area (Å²) in [7, 11) is 0. The first-order chi connectivity index (χ1) is 10.3. The fourth-order valence-electron chi connectivity index (χ4n) is 2.27. The summed E-state index contributed by atoms with van der Waals surface area (Å²) >= 11 is 0. The van der Waals surface area contributed by atoms with Gasteiger partial charge in [-0.15, -0.1) is 0 Å². The van der Waals surface area contributed by atoms with Crippen molar-refractivity contribution in [3.05, 3.63) is 65.2 Å². The van der Waals surface area contributed by atoms with E-state index in [4.69, 9.17) is 0 Å². The zero-order valence-corrected chi connectivity index (χ0v) is 12.9. The number of aryl methyl sites for hydroxylation is 1. The lowest BCUT2D eigenvalue weighted by molar-refractivity contribution is -0.120. The molecule has 0 spiro atoms. The summed E-state index contributed by atoms with van der Waals surface area (Å²) in [5.41, 5.74) is 1.27. The first-order valence-corrected chi connectivity index (χ1v) is 7.04. The van der Waals surface area contributed by atoms with E-state index in [1.807, 2.05) is 44.2 Å². The summed E-state index contributed by atoms with van der Waals surface area (Å²) in [4.78, 5) is 24.0. The fraction of sp³-hybridized carbons (Fsp3) is 0.222. The lowest BCUT2D eigenvalue weighted by Gasteiger charge is -2.25. The largest absolute Gasteiger partial charge is 0.478 e. The molecule has 0 heterocycles. The highest BCUT2D eigenvalue weighted by Crippen LogP contribution is 2.27. The van der Waals surface area contributed by atoms with E-state index >= 15 is 0 Å². The number of carboxylic acid groups (broad SMARTS) is 1. The monoisotopic (exact) mass is 297 g/mol. The average molecular weight is 297 g/mol. The van der Waals surface area contributed by atoms with E-state index in [9.17, 15) is 14.7 Å². The minimum Gasteiger partial charge on any atom is -0.478 e. The van der Waals surface area contributed by atoms with Crippen molar-refractivity contribution in [2.75, 3.05) is 5.32 Å². The highest BCUT2D eigenvalue weighted by Gasteiger charge is 2.30. The SMILES string of the molecule is Cc1cccc(C(=O)O)c1NC(=O)C(C)(C)c1ccccc1. The zero-order valence-electron chi connectivity index (χ0n) is 12.9. The number of amides is 1. The van der Waals surface area contributed by atoms with E-state index in [0.717, 1.165) is 11.1 Å². The normalized spacial score (nSPS) is 11.0. The van der Waals surface area contributed by atoms with Crippen LogP contribution < -0.4 is 5.32 Å². The molecule has 0 aromatic heterocycles. The second-order valence-electron chi connectivity index (χ2n) is 5.75. The molecule has 1 amide bonds. The van der Waals surface area contributed by atoms with Gasteiger partial charge in [-0.25, -0.2) is 4.79 Å². The highest BCUT2D eigenvalue weighted by atomic mass is 16.4. The number of para-hydroxylation sites is 1. The maximum absolute atomic E-state index is 12.7. The van der Waals surface area contributed by atoms with Crippen molar-refractivity contribution in [3.63, 3.8) is 0 Å². The van der Waals surface area contributed by atoms with Crippen molar-refractivity contribution >= 4 is 17.6 Å². The van der Waals surface area contributed by atoms with Crippen molar-refractivity contribution in [2.45, 2.75) is 26.2 Å². The van der Waals surface area contributed by atoms with Crippen LogP contribution in [0.1, 0.15) is 35.3 Å². The molecule has 0 atom stereocenters. The predicted molar refractivity (Wildman–Crippen MR) is 86.2 cm³/mol. The Morgan fingerprint density at radius 3 is 2.23 bits per heavy atom. The molecule has 2 aromatic rings. The van der Waals surface area contributed by atoms with Crippen molar-refractivity contribution < 1.29 is 14.7 Å².